The van der Waals surface area contributed by atoms with E-state index in [1.807, 2.05) is 6.07 Å². The summed E-state index contributed by atoms with van der Waals surface area (Å²) in [7, 11) is 0. The van der Waals surface area contributed by atoms with E-state index < -0.39 is 107 Å². The van der Waals surface area contributed by atoms with Crippen LogP contribution in [0.2, 0.25) is 0 Å². The van der Waals surface area contributed by atoms with Gasteiger partial charge in [-0.1, -0.05) is 96.7 Å². The zero-order valence-corrected chi connectivity index (χ0v) is 20.6. The van der Waals surface area contributed by atoms with Gasteiger partial charge in [-0.25, -0.2) is 0 Å². The molecule has 7 aromatic carbocycles. The molecule has 0 N–H and O–H groups in total. The second kappa shape index (κ2) is 8.21. The van der Waals surface area contributed by atoms with E-state index in [9.17, 15) is 6.85 Å². The lowest BCUT2D eigenvalue weighted by atomic mass is 9.84. The van der Waals surface area contributed by atoms with Crippen LogP contribution in [0.15, 0.2) is 125 Å². The van der Waals surface area contributed by atoms with Crippen LogP contribution in [0.3, 0.4) is 0 Å². The summed E-state index contributed by atoms with van der Waals surface area (Å²) in [5, 5.41) is -0.458. The molecule has 188 valence electrons. The normalized spacial score (nSPS) is 18.2. The highest BCUT2D eigenvalue weighted by Gasteiger charge is 2.20. The molecule has 0 saturated heterocycles. The summed E-state index contributed by atoms with van der Waals surface area (Å²) in [6.07, 6.45) is 0.682. The number of rotatable bonds is 2. The first-order chi connectivity index (χ1) is 26.1. The SMILES string of the molecule is [2H]c1c([2H])c([2H])c2c(-c3c4c([2H])c([2H])c([2H])c([2H])c4c(-c4ccc5oc6cc7c(cc6c5c4)CCO7)c4c([2H])c([2H])c([2H])c([2H])c34)c([2H])c([2H])c([2H])c2c1[2H]. The van der Waals surface area contributed by atoms with Gasteiger partial charge in [-0.05, 0) is 78.3 Å². The molecule has 1 aliphatic rings. The first-order valence-corrected chi connectivity index (χ1v) is 12.6. The molecular formula is C38H24O2. The molecule has 0 radical (unpaired) electrons. The van der Waals surface area contributed by atoms with Crippen molar-refractivity contribution in [1.29, 1.82) is 0 Å². The third-order valence-electron chi connectivity index (χ3n) is 7.51. The molecule has 8 aromatic rings. The number of ether oxygens (including phenoxy) is 1. The highest BCUT2D eigenvalue weighted by atomic mass is 16.5. The average Bonchev–Trinajstić information content (AvgIpc) is 3.79. The third-order valence-corrected chi connectivity index (χ3v) is 7.51. The maximum atomic E-state index is 9.30. The maximum absolute atomic E-state index is 9.30. The van der Waals surface area contributed by atoms with Crippen molar-refractivity contribution in [3.63, 3.8) is 0 Å². The lowest BCUT2D eigenvalue weighted by Crippen LogP contribution is -1.91. The van der Waals surface area contributed by atoms with E-state index in [0.717, 1.165) is 10.9 Å². The summed E-state index contributed by atoms with van der Waals surface area (Å²) < 4.78 is 145. The van der Waals surface area contributed by atoms with Gasteiger partial charge in [0.25, 0.3) is 0 Å². The second-order valence-corrected chi connectivity index (χ2v) is 9.62. The minimum atomic E-state index is -0.756. The third kappa shape index (κ3) is 3.05. The molecule has 0 fully saturated rings. The molecule has 0 saturated carbocycles. The molecule has 0 spiro atoms. The first kappa shape index (κ1) is 12.0. The zero-order chi connectivity index (χ0) is 39.3. The molecule has 1 aliphatic heterocycles. The van der Waals surface area contributed by atoms with Crippen LogP contribution in [0.1, 0.15) is 26.1 Å². The minimum Gasteiger partial charge on any atom is -0.493 e. The van der Waals surface area contributed by atoms with Crippen molar-refractivity contribution in [3.05, 3.63) is 127 Å². The molecule has 40 heavy (non-hydrogen) atoms. The Morgan fingerprint density at radius 2 is 1.20 bits per heavy atom. The molecular weight excluding hydrogens is 488 g/mol. The highest BCUT2D eigenvalue weighted by molar-refractivity contribution is 6.24. The molecule has 1 aromatic heterocycles. The molecule has 0 aliphatic carbocycles. The van der Waals surface area contributed by atoms with Gasteiger partial charge in [0, 0.05) is 23.3 Å². The van der Waals surface area contributed by atoms with E-state index in [2.05, 4.69) is 0 Å². The van der Waals surface area contributed by atoms with Gasteiger partial charge in [0.2, 0.25) is 0 Å². The fraction of sp³-hybridized carbons (Fsp3) is 0.0526. The molecule has 2 heteroatoms. The van der Waals surface area contributed by atoms with E-state index in [-0.39, 0.29) is 32.7 Å². The minimum absolute atomic E-state index is 0.0226. The molecule has 2 heterocycles. The van der Waals surface area contributed by atoms with Crippen molar-refractivity contribution in [2.24, 2.45) is 0 Å². The van der Waals surface area contributed by atoms with Gasteiger partial charge in [-0.3, -0.25) is 0 Å². The number of benzene rings is 7. The zero-order valence-electron chi connectivity index (χ0n) is 35.6. The van der Waals surface area contributed by atoms with Crippen molar-refractivity contribution in [3.8, 4) is 28.0 Å². The Balaban J connectivity index is 1.58. The van der Waals surface area contributed by atoms with Crippen LogP contribution in [0.25, 0.3) is 76.5 Å². The Morgan fingerprint density at radius 3 is 1.98 bits per heavy atom. The average molecular weight is 528 g/mol. The highest BCUT2D eigenvalue weighted by Crippen LogP contribution is 2.46. The number of furan rings is 1. The standard InChI is InChI=1S/C38H24O2/c1-2-10-26-23(8-1)9-7-15-27(26)38-30-13-5-3-11-28(30)37(29-12-4-6-14-31(29)38)25-16-17-34-32(21-25)33-20-24-18-19-39-35(24)22-36(33)40-34/h1-17,20-22H,18-19H2/i1D,2D,3D,4D,5D,6D,7D,8D,9D,10D,11D,12D,13D,14D,15D. The van der Waals surface area contributed by atoms with Crippen LogP contribution in [-0.2, 0) is 6.42 Å². The number of fused-ring (bicyclic) bond motifs is 7. The van der Waals surface area contributed by atoms with Crippen LogP contribution in [-0.4, -0.2) is 6.61 Å². The Bertz CT molecular complexity index is 3040. The second-order valence-electron chi connectivity index (χ2n) is 9.62. The van der Waals surface area contributed by atoms with Gasteiger partial charge < -0.3 is 9.15 Å². The Hall–Kier alpha value is -5.08. The van der Waals surface area contributed by atoms with E-state index in [1.54, 1.807) is 24.3 Å². The van der Waals surface area contributed by atoms with Crippen molar-refractivity contribution < 1.29 is 29.7 Å². The van der Waals surface area contributed by atoms with Gasteiger partial charge in [0.1, 0.15) is 16.9 Å². The maximum Gasteiger partial charge on any atom is 0.139 e. The Kier molecular flexibility index (Phi) is 2.46. The molecule has 0 atom stereocenters. The van der Waals surface area contributed by atoms with Crippen LogP contribution < -0.4 is 4.74 Å². The van der Waals surface area contributed by atoms with Gasteiger partial charge in [0.15, 0.2) is 0 Å². The largest absolute Gasteiger partial charge is 0.493 e. The predicted octanol–water partition coefficient (Wildman–Crippen LogP) is 10.3. The monoisotopic (exact) mass is 527 g/mol. The topological polar surface area (TPSA) is 22.4 Å². The summed E-state index contributed by atoms with van der Waals surface area (Å²) in [6.45, 7) is 0.513. The van der Waals surface area contributed by atoms with Gasteiger partial charge in [0.05, 0.1) is 27.2 Å². The summed E-state index contributed by atoms with van der Waals surface area (Å²) >= 11 is 0. The summed E-state index contributed by atoms with van der Waals surface area (Å²) in [5.41, 5.74) is 1.52. The van der Waals surface area contributed by atoms with Gasteiger partial charge in [-0.15, -0.1) is 0 Å². The first-order valence-electron chi connectivity index (χ1n) is 20.1. The number of hydrogen-bond donors (Lipinski definition) is 0. The van der Waals surface area contributed by atoms with Crippen molar-refractivity contribution in [2.45, 2.75) is 6.42 Å². The fourth-order valence-corrected chi connectivity index (χ4v) is 5.77. The van der Waals surface area contributed by atoms with Crippen LogP contribution in [0.5, 0.6) is 5.75 Å². The quantitative estimate of drug-likeness (QED) is 0.209. The van der Waals surface area contributed by atoms with Crippen molar-refractivity contribution in [2.75, 3.05) is 6.61 Å². The van der Waals surface area contributed by atoms with Gasteiger partial charge >= 0.3 is 0 Å². The molecule has 0 amide bonds. The smallest absolute Gasteiger partial charge is 0.139 e. The van der Waals surface area contributed by atoms with E-state index >= 15 is 0 Å². The summed E-state index contributed by atoms with van der Waals surface area (Å²) in [5.74, 6) is 0.701. The molecule has 9 rings (SSSR count). The van der Waals surface area contributed by atoms with E-state index in [1.165, 1.54) is 0 Å². The van der Waals surface area contributed by atoms with Crippen molar-refractivity contribution >= 4 is 54.3 Å². The van der Waals surface area contributed by atoms with Crippen LogP contribution in [0.4, 0.5) is 0 Å². The van der Waals surface area contributed by atoms with E-state index in [0.29, 0.717) is 40.9 Å². The van der Waals surface area contributed by atoms with Crippen molar-refractivity contribution in [1.82, 2.24) is 0 Å². The predicted molar refractivity (Wildman–Crippen MR) is 166 cm³/mol. The fourth-order valence-electron chi connectivity index (χ4n) is 5.77. The van der Waals surface area contributed by atoms with E-state index in [4.69, 9.17) is 22.9 Å². The van der Waals surface area contributed by atoms with Crippen LogP contribution in [0, 0.1) is 0 Å². The molecule has 0 bridgehead atoms. The summed E-state index contributed by atoms with van der Waals surface area (Å²) in [6, 6.07) is -1.44. The Morgan fingerprint density at radius 1 is 0.550 bits per heavy atom. The molecule has 0 unspecified atom stereocenters. The van der Waals surface area contributed by atoms with Crippen LogP contribution >= 0.6 is 0 Å². The van der Waals surface area contributed by atoms with Gasteiger partial charge in [-0.2, -0.15) is 0 Å². The number of hydrogen-bond acceptors (Lipinski definition) is 2. The lowest BCUT2D eigenvalue weighted by molar-refractivity contribution is 0.356. The Labute approximate surface area is 252 Å². The molecule has 2 nitrogen and oxygen atoms in total. The summed E-state index contributed by atoms with van der Waals surface area (Å²) in [4.78, 5) is 0. The lowest BCUT2D eigenvalue weighted by Gasteiger charge is -2.18.